The normalized spacial score (nSPS) is 11.7. The van der Waals surface area contributed by atoms with E-state index < -0.39 is 0 Å². The van der Waals surface area contributed by atoms with Gasteiger partial charge in [0.2, 0.25) is 0 Å². The van der Waals surface area contributed by atoms with Gasteiger partial charge in [0.25, 0.3) is 0 Å². The quantitative estimate of drug-likeness (QED) is 0.218. The van der Waals surface area contributed by atoms with Gasteiger partial charge in [-0.05, 0) is 71.1 Å². The zero-order valence-corrected chi connectivity index (χ0v) is 23.2. The third kappa shape index (κ3) is 3.75. The number of nitrogens with zero attached hydrogens (tertiary/aromatic N) is 1. The van der Waals surface area contributed by atoms with Crippen molar-refractivity contribution in [1.29, 1.82) is 0 Å². The second-order valence-electron chi connectivity index (χ2n) is 10.9. The van der Waals surface area contributed by atoms with E-state index in [1.165, 1.54) is 10.9 Å². The Kier molecular flexibility index (Phi) is 5.20. The molecule has 0 bridgehead atoms. The van der Waals surface area contributed by atoms with Crippen LogP contribution in [0.5, 0.6) is 0 Å². The first kappa shape index (κ1) is 23.9. The first-order valence-electron chi connectivity index (χ1n) is 14.5. The summed E-state index contributed by atoms with van der Waals surface area (Å²) in [5.41, 5.74) is 9.06. The number of rotatable bonds is 4. The molecule has 0 aliphatic carbocycles. The van der Waals surface area contributed by atoms with Gasteiger partial charge < -0.3 is 13.7 Å². The maximum Gasteiger partial charge on any atom is 0.143 e. The molecule has 202 valence electrons. The zero-order chi connectivity index (χ0) is 28.3. The molecule has 0 N–H and O–H groups in total. The molecule has 43 heavy (non-hydrogen) atoms. The van der Waals surface area contributed by atoms with Gasteiger partial charge >= 0.3 is 0 Å². The van der Waals surface area contributed by atoms with E-state index in [4.69, 9.17) is 8.83 Å². The van der Waals surface area contributed by atoms with Crippen molar-refractivity contribution in [3.8, 4) is 11.1 Å². The smallest absolute Gasteiger partial charge is 0.143 e. The topological polar surface area (TPSA) is 29.5 Å². The number of para-hydroxylation sites is 1. The largest absolute Gasteiger partial charge is 0.456 e. The fourth-order valence-electron chi connectivity index (χ4n) is 6.46. The number of anilines is 3. The average molecular weight is 552 g/mol. The highest BCUT2D eigenvalue weighted by molar-refractivity contribution is 6.19. The van der Waals surface area contributed by atoms with E-state index in [9.17, 15) is 0 Å². The van der Waals surface area contributed by atoms with E-state index in [2.05, 4.69) is 144 Å². The van der Waals surface area contributed by atoms with Crippen molar-refractivity contribution in [3.05, 3.63) is 152 Å². The second-order valence-corrected chi connectivity index (χ2v) is 10.9. The highest BCUT2D eigenvalue weighted by Gasteiger charge is 2.21. The Morgan fingerprint density at radius 1 is 0.395 bits per heavy atom. The van der Waals surface area contributed by atoms with Gasteiger partial charge in [-0.15, -0.1) is 0 Å². The number of fused-ring (bicyclic) bond motifs is 8. The summed E-state index contributed by atoms with van der Waals surface area (Å²) in [5, 5.41) is 6.67. The highest BCUT2D eigenvalue weighted by Crippen LogP contribution is 2.45. The standard InChI is InChI=1S/C40H25NO2/c1-2-10-26(11-3-1)28-13-8-14-29(24-28)41(30-21-23-37-34(25-30)32-16-6-7-18-36(32)42-37)35-17-9-19-38-39(35)33-22-20-27-12-4-5-15-31(27)40(33)43-38/h1-25H. The molecule has 9 rings (SSSR count). The molecule has 0 atom stereocenters. The maximum atomic E-state index is 6.60. The molecule has 0 radical (unpaired) electrons. The van der Waals surface area contributed by atoms with Crippen LogP contribution in [0.4, 0.5) is 17.1 Å². The Labute approximate surface area is 247 Å². The first-order chi connectivity index (χ1) is 21.3. The third-order valence-corrected chi connectivity index (χ3v) is 8.44. The van der Waals surface area contributed by atoms with Crippen molar-refractivity contribution >= 4 is 71.7 Å². The Morgan fingerprint density at radius 3 is 2.05 bits per heavy atom. The molecule has 0 spiro atoms. The fraction of sp³-hybridized carbons (Fsp3) is 0. The number of furan rings is 2. The number of hydrogen-bond acceptors (Lipinski definition) is 3. The lowest BCUT2D eigenvalue weighted by molar-refractivity contribution is 0.669. The predicted molar refractivity (Wildman–Crippen MR) is 179 cm³/mol. The van der Waals surface area contributed by atoms with Crippen molar-refractivity contribution < 1.29 is 8.83 Å². The molecule has 0 saturated heterocycles. The van der Waals surface area contributed by atoms with Crippen molar-refractivity contribution in [2.24, 2.45) is 0 Å². The van der Waals surface area contributed by atoms with Gasteiger partial charge in [0.15, 0.2) is 0 Å². The lowest BCUT2D eigenvalue weighted by atomic mass is 10.0. The van der Waals surface area contributed by atoms with E-state index in [1.807, 2.05) is 12.1 Å². The van der Waals surface area contributed by atoms with E-state index in [0.717, 1.165) is 71.9 Å². The Hall–Kier alpha value is -5.80. The van der Waals surface area contributed by atoms with Crippen molar-refractivity contribution in [1.82, 2.24) is 0 Å². The third-order valence-electron chi connectivity index (χ3n) is 8.44. The van der Waals surface area contributed by atoms with Crippen molar-refractivity contribution in [2.75, 3.05) is 4.90 Å². The van der Waals surface area contributed by atoms with Crippen LogP contribution in [0.2, 0.25) is 0 Å². The summed E-state index contributed by atoms with van der Waals surface area (Å²) in [4.78, 5) is 2.35. The maximum absolute atomic E-state index is 6.60. The van der Waals surface area contributed by atoms with Crippen molar-refractivity contribution in [3.63, 3.8) is 0 Å². The number of hydrogen-bond donors (Lipinski definition) is 0. The van der Waals surface area contributed by atoms with Crippen LogP contribution >= 0.6 is 0 Å². The van der Waals surface area contributed by atoms with Gasteiger partial charge in [0.05, 0.1) is 11.1 Å². The summed E-state index contributed by atoms with van der Waals surface area (Å²) in [5.74, 6) is 0. The van der Waals surface area contributed by atoms with Crippen molar-refractivity contribution in [2.45, 2.75) is 0 Å². The Balaban J connectivity index is 1.34. The molecule has 2 heterocycles. The lowest BCUT2D eigenvalue weighted by Gasteiger charge is -2.27. The first-order valence-corrected chi connectivity index (χ1v) is 14.5. The predicted octanol–water partition coefficient (Wildman–Crippen LogP) is 11.8. The molecule has 7 aromatic carbocycles. The minimum absolute atomic E-state index is 0.864. The van der Waals surface area contributed by atoms with Crippen LogP contribution in [-0.2, 0) is 0 Å². The monoisotopic (exact) mass is 551 g/mol. The van der Waals surface area contributed by atoms with Gasteiger partial charge in [0.1, 0.15) is 22.3 Å². The molecule has 0 fully saturated rings. The molecular weight excluding hydrogens is 526 g/mol. The highest BCUT2D eigenvalue weighted by atomic mass is 16.3. The zero-order valence-electron chi connectivity index (χ0n) is 23.2. The van der Waals surface area contributed by atoms with Crippen LogP contribution < -0.4 is 4.90 Å². The molecule has 0 saturated carbocycles. The van der Waals surface area contributed by atoms with Crippen LogP contribution in [0.3, 0.4) is 0 Å². The van der Waals surface area contributed by atoms with Crippen LogP contribution in [0, 0.1) is 0 Å². The molecule has 3 nitrogen and oxygen atoms in total. The van der Waals surface area contributed by atoms with Gasteiger partial charge in [-0.25, -0.2) is 0 Å². The summed E-state index contributed by atoms with van der Waals surface area (Å²) >= 11 is 0. The van der Waals surface area contributed by atoms with Crippen LogP contribution in [-0.4, -0.2) is 0 Å². The fourth-order valence-corrected chi connectivity index (χ4v) is 6.46. The SMILES string of the molecule is c1ccc(-c2cccc(N(c3ccc4oc5ccccc5c4c3)c3cccc4oc5c6ccccc6ccc5c34)c2)cc1. The molecule has 2 aromatic heterocycles. The van der Waals surface area contributed by atoms with Crippen LogP contribution in [0.25, 0.3) is 65.8 Å². The van der Waals surface area contributed by atoms with Crippen LogP contribution in [0.1, 0.15) is 0 Å². The Bertz CT molecular complexity index is 2470. The summed E-state index contributed by atoms with van der Waals surface area (Å²) in [6.07, 6.45) is 0. The van der Waals surface area contributed by atoms with Gasteiger partial charge in [0, 0.05) is 32.9 Å². The van der Waals surface area contributed by atoms with E-state index >= 15 is 0 Å². The molecular formula is C40H25NO2. The van der Waals surface area contributed by atoms with Gasteiger partial charge in [-0.1, -0.05) is 97.1 Å². The summed E-state index contributed by atoms with van der Waals surface area (Å²) in [7, 11) is 0. The minimum Gasteiger partial charge on any atom is -0.456 e. The summed E-state index contributed by atoms with van der Waals surface area (Å²) in [6.45, 7) is 0. The van der Waals surface area contributed by atoms with E-state index in [1.54, 1.807) is 0 Å². The molecule has 0 amide bonds. The number of benzene rings is 7. The summed E-state index contributed by atoms with van der Waals surface area (Å²) < 4.78 is 12.8. The minimum atomic E-state index is 0.864. The summed E-state index contributed by atoms with van der Waals surface area (Å²) in [6, 6.07) is 53.1. The van der Waals surface area contributed by atoms with Crippen LogP contribution in [0.15, 0.2) is 160 Å². The van der Waals surface area contributed by atoms with Gasteiger partial charge in [-0.2, -0.15) is 0 Å². The molecule has 9 aromatic rings. The molecule has 0 unspecified atom stereocenters. The van der Waals surface area contributed by atoms with E-state index in [0.29, 0.717) is 0 Å². The van der Waals surface area contributed by atoms with E-state index in [-0.39, 0.29) is 0 Å². The second kappa shape index (κ2) is 9.37. The average Bonchev–Trinajstić information content (AvgIpc) is 3.64. The Morgan fingerprint density at radius 2 is 1.12 bits per heavy atom. The van der Waals surface area contributed by atoms with Gasteiger partial charge in [-0.3, -0.25) is 0 Å². The molecule has 0 aliphatic rings. The molecule has 0 aliphatic heterocycles. The lowest BCUT2D eigenvalue weighted by Crippen LogP contribution is -2.10. The molecule has 3 heteroatoms.